The van der Waals surface area contributed by atoms with Gasteiger partial charge >= 0.3 is 0 Å². The van der Waals surface area contributed by atoms with Crippen molar-refractivity contribution in [3.05, 3.63) is 0 Å². The average Bonchev–Trinajstić information content (AvgIpc) is 2.54. The van der Waals surface area contributed by atoms with Crippen LogP contribution in [-0.4, -0.2) is 61.8 Å². The Morgan fingerprint density at radius 1 is 1.25 bits per heavy atom. The molecule has 1 aliphatic rings. The fraction of sp³-hybridized carbons (Fsp3) is 0.947. The van der Waals surface area contributed by atoms with E-state index in [9.17, 15) is 5.11 Å². The zero-order chi connectivity index (χ0) is 17.8. The van der Waals surface area contributed by atoms with Gasteiger partial charge in [-0.15, -0.1) is 0 Å². The number of aliphatic imine (C=N–C) groups is 1. The minimum atomic E-state index is 0.254. The monoisotopic (exact) mass is 340 g/mol. The highest BCUT2D eigenvalue weighted by molar-refractivity contribution is 5.79. The number of aliphatic hydroxyl groups is 1. The van der Waals surface area contributed by atoms with Gasteiger partial charge in [-0.2, -0.15) is 0 Å². The van der Waals surface area contributed by atoms with Crippen LogP contribution in [-0.2, 0) is 0 Å². The van der Waals surface area contributed by atoms with Gasteiger partial charge in [0.25, 0.3) is 0 Å². The second kappa shape index (κ2) is 12.5. The number of rotatable bonds is 10. The van der Waals surface area contributed by atoms with Crippen LogP contribution in [0.25, 0.3) is 0 Å². The number of nitrogens with one attached hydrogen (secondary N) is 2. The molecule has 142 valence electrons. The lowest BCUT2D eigenvalue weighted by Crippen LogP contribution is -2.43. The molecule has 24 heavy (non-hydrogen) atoms. The van der Waals surface area contributed by atoms with Crippen molar-refractivity contribution in [1.29, 1.82) is 0 Å². The summed E-state index contributed by atoms with van der Waals surface area (Å²) in [6.07, 6.45) is 4.61. The maximum atomic E-state index is 9.24. The van der Waals surface area contributed by atoms with E-state index in [4.69, 9.17) is 4.99 Å². The van der Waals surface area contributed by atoms with Crippen LogP contribution in [0.1, 0.15) is 53.4 Å². The van der Waals surface area contributed by atoms with Crippen molar-refractivity contribution in [2.75, 3.05) is 45.9 Å². The molecule has 1 unspecified atom stereocenters. The first-order chi connectivity index (χ1) is 11.5. The summed E-state index contributed by atoms with van der Waals surface area (Å²) in [5, 5.41) is 16.0. The molecular formula is C19H40N4O. The second-order valence-electron chi connectivity index (χ2n) is 7.68. The third-order valence-electron chi connectivity index (χ3n) is 4.79. The van der Waals surface area contributed by atoms with Gasteiger partial charge in [-0.05, 0) is 63.5 Å². The lowest BCUT2D eigenvalue weighted by Gasteiger charge is -2.30. The first kappa shape index (κ1) is 21.2. The summed E-state index contributed by atoms with van der Waals surface area (Å²) in [5.41, 5.74) is 0. The number of hydrogen-bond donors (Lipinski definition) is 3. The van der Waals surface area contributed by atoms with Gasteiger partial charge in [0, 0.05) is 32.8 Å². The molecule has 0 spiro atoms. The lowest BCUT2D eigenvalue weighted by molar-refractivity contribution is 0.195. The summed E-state index contributed by atoms with van der Waals surface area (Å²) in [6, 6.07) is 0. The van der Waals surface area contributed by atoms with Crippen LogP contribution in [0.4, 0.5) is 0 Å². The summed E-state index contributed by atoms with van der Waals surface area (Å²) in [5.74, 6) is 2.91. The van der Waals surface area contributed by atoms with Gasteiger partial charge in [-0.1, -0.05) is 20.8 Å². The Morgan fingerprint density at radius 3 is 2.54 bits per heavy atom. The lowest BCUT2D eigenvalue weighted by atomic mass is 9.94. The number of piperidine rings is 1. The van der Waals surface area contributed by atoms with Crippen molar-refractivity contribution >= 4 is 5.96 Å². The van der Waals surface area contributed by atoms with Crippen molar-refractivity contribution < 1.29 is 5.11 Å². The van der Waals surface area contributed by atoms with Crippen LogP contribution in [0, 0.1) is 17.8 Å². The molecule has 3 N–H and O–H groups in total. The largest absolute Gasteiger partial charge is 0.396 e. The van der Waals surface area contributed by atoms with Crippen LogP contribution in [0.15, 0.2) is 4.99 Å². The van der Waals surface area contributed by atoms with Crippen molar-refractivity contribution in [2.45, 2.75) is 53.4 Å². The summed E-state index contributed by atoms with van der Waals surface area (Å²) >= 11 is 0. The molecule has 0 amide bonds. The molecule has 0 aromatic rings. The van der Waals surface area contributed by atoms with Gasteiger partial charge in [0.15, 0.2) is 5.96 Å². The van der Waals surface area contributed by atoms with Gasteiger partial charge in [0.2, 0.25) is 0 Å². The molecule has 0 bridgehead atoms. The van der Waals surface area contributed by atoms with Gasteiger partial charge in [0.05, 0.1) is 0 Å². The van der Waals surface area contributed by atoms with E-state index in [1.54, 1.807) is 0 Å². The quantitative estimate of drug-likeness (QED) is 0.422. The fourth-order valence-electron chi connectivity index (χ4n) is 3.31. The highest BCUT2D eigenvalue weighted by Crippen LogP contribution is 2.16. The van der Waals surface area contributed by atoms with Crippen molar-refractivity contribution in [3.63, 3.8) is 0 Å². The van der Waals surface area contributed by atoms with E-state index in [0.29, 0.717) is 11.8 Å². The second-order valence-corrected chi connectivity index (χ2v) is 7.68. The van der Waals surface area contributed by atoms with Crippen LogP contribution in [0.5, 0.6) is 0 Å². The van der Waals surface area contributed by atoms with Crippen LogP contribution < -0.4 is 10.6 Å². The van der Waals surface area contributed by atoms with Gasteiger partial charge in [-0.3, -0.25) is 4.99 Å². The first-order valence-electron chi connectivity index (χ1n) is 9.90. The van der Waals surface area contributed by atoms with Crippen LogP contribution >= 0.6 is 0 Å². The van der Waals surface area contributed by atoms with Gasteiger partial charge < -0.3 is 20.6 Å². The van der Waals surface area contributed by atoms with Gasteiger partial charge in [-0.25, -0.2) is 0 Å². The molecule has 1 rings (SSSR count). The van der Waals surface area contributed by atoms with Crippen LogP contribution in [0.2, 0.25) is 0 Å². The Morgan fingerprint density at radius 2 is 1.96 bits per heavy atom. The molecule has 0 aromatic carbocycles. The molecule has 5 heteroatoms. The normalized spacial score (nSPS) is 18.8. The maximum Gasteiger partial charge on any atom is 0.191 e. The van der Waals surface area contributed by atoms with Crippen molar-refractivity contribution in [1.82, 2.24) is 15.5 Å². The third kappa shape index (κ3) is 9.48. The molecule has 0 saturated carbocycles. The fourth-order valence-corrected chi connectivity index (χ4v) is 3.31. The molecule has 1 aliphatic heterocycles. The minimum Gasteiger partial charge on any atom is -0.396 e. The van der Waals surface area contributed by atoms with E-state index in [2.05, 4.69) is 43.2 Å². The first-order valence-corrected chi connectivity index (χ1v) is 9.90. The number of hydrogen-bond acceptors (Lipinski definition) is 3. The Labute approximate surface area is 149 Å². The highest BCUT2D eigenvalue weighted by atomic mass is 16.3. The molecule has 5 nitrogen and oxygen atoms in total. The molecule has 1 atom stereocenters. The highest BCUT2D eigenvalue weighted by Gasteiger charge is 2.15. The summed E-state index contributed by atoms with van der Waals surface area (Å²) < 4.78 is 0. The standard InChI is InChI=1S/C19H40N4O/c1-5-20-19(22-15-18(8-13-24)14-16(2)3)21-9-12-23-10-6-17(4)7-11-23/h16-18,24H,5-15H2,1-4H3,(H2,20,21,22). The number of guanidine groups is 1. The topological polar surface area (TPSA) is 59.9 Å². The predicted octanol–water partition coefficient (Wildman–Crippen LogP) is 2.32. The number of aliphatic hydroxyl groups excluding tert-OH is 1. The number of nitrogens with zero attached hydrogens (tertiary/aromatic N) is 2. The summed E-state index contributed by atoms with van der Waals surface area (Å²) in [7, 11) is 0. The molecule has 1 fully saturated rings. The molecule has 1 saturated heterocycles. The van der Waals surface area contributed by atoms with Crippen molar-refractivity contribution in [2.24, 2.45) is 22.7 Å². The molecule has 0 aliphatic carbocycles. The molecule has 0 radical (unpaired) electrons. The minimum absolute atomic E-state index is 0.254. The number of likely N-dealkylation sites (tertiary alicyclic amines) is 1. The van der Waals surface area contributed by atoms with E-state index in [1.165, 1.54) is 25.9 Å². The van der Waals surface area contributed by atoms with Crippen LogP contribution in [0.3, 0.4) is 0 Å². The maximum absolute atomic E-state index is 9.24. The Kier molecular flexibility index (Phi) is 11.1. The van der Waals surface area contributed by atoms with E-state index in [1.807, 2.05) is 0 Å². The van der Waals surface area contributed by atoms with E-state index < -0.39 is 0 Å². The van der Waals surface area contributed by atoms with E-state index in [-0.39, 0.29) is 6.61 Å². The van der Waals surface area contributed by atoms with Crippen molar-refractivity contribution in [3.8, 4) is 0 Å². The average molecular weight is 341 g/mol. The summed E-state index contributed by atoms with van der Waals surface area (Å²) in [6.45, 7) is 15.3. The third-order valence-corrected chi connectivity index (χ3v) is 4.79. The Hall–Kier alpha value is -0.810. The SMILES string of the molecule is CCNC(=NCC(CCO)CC(C)C)NCCN1CCC(C)CC1. The zero-order valence-corrected chi connectivity index (χ0v) is 16.4. The Bertz CT molecular complexity index is 338. The summed E-state index contributed by atoms with van der Waals surface area (Å²) in [4.78, 5) is 7.29. The molecule has 0 aromatic heterocycles. The zero-order valence-electron chi connectivity index (χ0n) is 16.4. The van der Waals surface area contributed by atoms with E-state index >= 15 is 0 Å². The Balaban J connectivity index is 2.37. The molecule has 1 heterocycles. The smallest absolute Gasteiger partial charge is 0.191 e. The molecular weight excluding hydrogens is 300 g/mol. The predicted molar refractivity (Wildman–Crippen MR) is 103 cm³/mol. The van der Waals surface area contributed by atoms with E-state index in [0.717, 1.165) is 50.9 Å². The van der Waals surface area contributed by atoms with Gasteiger partial charge in [0.1, 0.15) is 0 Å².